The lowest BCUT2D eigenvalue weighted by Crippen LogP contribution is -2.16. The van der Waals surface area contributed by atoms with Gasteiger partial charge in [-0.15, -0.1) is 0 Å². The molecule has 0 saturated carbocycles. The molecule has 1 aromatic heterocycles. The van der Waals surface area contributed by atoms with Gasteiger partial charge in [-0.3, -0.25) is 4.79 Å². The summed E-state index contributed by atoms with van der Waals surface area (Å²) in [7, 11) is 0. The highest BCUT2D eigenvalue weighted by Gasteiger charge is 2.16. The Hall–Kier alpha value is -2.50. The van der Waals surface area contributed by atoms with Crippen LogP contribution in [-0.4, -0.2) is 17.4 Å². The van der Waals surface area contributed by atoms with E-state index in [9.17, 15) is 13.6 Å². The van der Waals surface area contributed by atoms with Crippen LogP contribution in [0.25, 0.3) is 0 Å². The van der Waals surface area contributed by atoms with Gasteiger partial charge in [0, 0.05) is 18.4 Å². The van der Waals surface area contributed by atoms with E-state index in [0.29, 0.717) is 17.8 Å². The molecule has 0 fully saturated rings. The standard InChI is InChI=1S/C15H15F2N3O/c1-3-18-14-13(17)11(6-7-19-14)15(21)20-10-4-5-12(16)9(2)8-10/h4-8H,3H2,1-2H3,(H,18,19)(H,20,21). The highest BCUT2D eigenvalue weighted by atomic mass is 19.1. The van der Waals surface area contributed by atoms with Crippen molar-refractivity contribution in [2.75, 3.05) is 17.2 Å². The molecule has 21 heavy (non-hydrogen) atoms. The highest BCUT2D eigenvalue weighted by Crippen LogP contribution is 2.18. The van der Waals surface area contributed by atoms with Crippen molar-refractivity contribution in [1.29, 1.82) is 0 Å². The normalized spacial score (nSPS) is 10.3. The lowest BCUT2D eigenvalue weighted by molar-refractivity contribution is 0.102. The van der Waals surface area contributed by atoms with Gasteiger partial charge in [-0.25, -0.2) is 13.8 Å². The summed E-state index contributed by atoms with van der Waals surface area (Å²) in [6.07, 6.45) is 1.35. The Morgan fingerprint density at radius 1 is 1.29 bits per heavy atom. The van der Waals surface area contributed by atoms with Gasteiger partial charge < -0.3 is 10.6 Å². The first-order chi connectivity index (χ1) is 10.0. The third-order valence-corrected chi connectivity index (χ3v) is 2.89. The second-order valence-corrected chi connectivity index (χ2v) is 4.47. The number of aryl methyl sites for hydroxylation is 1. The van der Waals surface area contributed by atoms with E-state index in [0.717, 1.165) is 0 Å². The van der Waals surface area contributed by atoms with Gasteiger partial charge in [0.1, 0.15) is 5.82 Å². The van der Waals surface area contributed by atoms with E-state index >= 15 is 0 Å². The van der Waals surface area contributed by atoms with Crippen LogP contribution >= 0.6 is 0 Å². The first kappa shape index (κ1) is 14.9. The van der Waals surface area contributed by atoms with E-state index in [-0.39, 0.29) is 17.2 Å². The van der Waals surface area contributed by atoms with Crippen molar-refractivity contribution < 1.29 is 13.6 Å². The molecule has 0 bridgehead atoms. The first-order valence-electron chi connectivity index (χ1n) is 6.48. The number of anilines is 2. The van der Waals surface area contributed by atoms with Crippen LogP contribution in [0, 0.1) is 18.6 Å². The van der Waals surface area contributed by atoms with Crippen molar-refractivity contribution >= 4 is 17.4 Å². The molecule has 0 aliphatic rings. The average molecular weight is 291 g/mol. The maximum Gasteiger partial charge on any atom is 0.258 e. The van der Waals surface area contributed by atoms with Crippen LogP contribution in [0.1, 0.15) is 22.8 Å². The number of carbonyl (C=O) groups is 1. The fraction of sp³-hybridized carbons (Fsp3) is 0.200. The van der Waals surface area contributed by atoms with Crippen LogP contribution in [0.3, 0.4) is 0 Å². The Bertz CT molecular complexity index is 674. The Balaban J connectivity index is 2.24. The van der Waals surface area contributed by atoms with Crippen molar-refractivity contribution in [1.82, 2.24) is 4.98 Å². The summed E-state index contributed by atoms with van der Waals surface area (Å²) < 4.78 is 27.3. The highest BCUT2D eigenvalue weighted by molar-refractivity contribution is 6.04. The minimum Gasteiger partial charge on any atom is -0.368 e. The summed E-state index contributed by atoms with van der Waals surface area (Å²) in [5.74, 6) is -1.66. The van der Waals surface area contributed by atoms with Gasteiger partial charge >= 0.3 is 0 Å². The molecule has 0 aliphatic carbocycles. The van der Waals surface area contributed by atoms with E-state index in [1.54, 1.807) is 13.8 Å². The topological polar surface area (TPSA) is 54.0 Å². The molecule has 0 aliphatic heterocycles. The van der Waals surface area contributed by atoms with Crippen LogP contribution in [0.15, 0.2) is 30.5 Å². The van der Waals surface area contributed by atoms with Crippen LogP contribution < -0.4 is 10.6 Å². The Labute approximate surface area is 121 Å². The molecule has 0 atom stereocenters. The van der Waals surface area contributed by atoms with Gasteiger partial charge in [0.2, 0.25) is 0 Å². The van der Waals surface area contributed by atoms with Crippen molar-refractivity contribution in [3.8, 4) is 0 Å². The SMILES string of the molecule is CCNc1nccc(C(=O)Nc2ccc(F)c(C)c2)c1F. The van der Waals surface area contributed by atoms with Crippen LogP contribution in [0.5, 0.6) is 0 Å². The van der Waals surface area contributed by atoms with Gasteiger partial charge in [0.15, 0.2) is 11.6 Å². The van der Waals surface area contributed by atoms with Gasteiger partial charge in [-0.1, -0.05) is 0 Å². The van der Waals surface area contributed by atoms with Crippen molar-refractivity contribution in [3.05, 3.63) is 53.2 Å². The van der Waals surface area contributed by atoms with Crippen LogP contribution in [0.4, 0.5) is 20.3 Å². The van der Waals surface area contributed by atoms with E-state index in [4.69, 9.17) is 0 Å². The number of hydrogen-bond donors (Lipinski definition) is 2. The van der Waals surface area contributed by atoms with Crippen LogP contribution in [-0.2, 0) is 0 Å². The third-order valence-electron chi connectivity index (χ3n) is 2.89. The average Bonchev–Trinajstić information content (AvgIpc) is 2.45. The molecule has 0 radical (unpaired) electrons. The lowest BCUT2D eigenvalue weighted by atomic mass is 10.2. The fourth-order valence-electron chi connectivity index (χ4n) is 1.83. The van der Waals surface area contributed by atoms with Gasteiger partial charge in [0.05, 0.1) is 5.56 Å². The molecule has 0 saturated heterocycles. The quantitative estimate of drug-likeness (QED) is 0.908. The molecule has 1 amide bonds. The molecule has 2 N–H and O–H groups in total. The number of nitrogens with zero attached hydrogens (tertiary/aromatic N) is 1. The van der Waals surface area contributed by atoms with Gasteiger partial charge in [-0.05, 0) is 43.7 Å². The van der Waals surface area contributed by atoms with Gasteiger partial charge in [-0.2, -0.15) is 0 Å². The van der Waals surface area contributed by atoms with Crippen molar-refractivity contribution in [2.24, 2.45) is 0 Å². The zero-order chi connectivity index (χ0) is 15.4. The fourth-order valence-corrected chi connectivity index (χ4v) is 1.83. The summed E-state index contributed by atoms with van der Waals surface area (Å²) >= 11 is 0. The smallest absolute Gasteiger partial charge is 0.258 e. The Kier molecular flexibility index (Phi) is 4.47. The zero-order valence-electron chi connectivity index (χ0n) is 11.7. The summed E-state index contributed by atoms with van der Waals surface area (Å²) in [5.41, 5.74) is 0.680. The van der Waals surface area contributed by atoms with E-state index in [2.05, 4.69) is 15.6 Å². The largest absolute Gasteiger partial charge is 0.368 e. The van der Waals surface area contributed by atoms with Crippen molar-refractivity contribution in [2.45, 2.75) is 13.8 Å². The molecular weight excluding hydrogens is 276 g/mol. The third kappa shape index (κ3) is 3.34. The number of hydrogen-bond acceptors (Lipinski definition) is 3. The second-order valence-electron chi connectivity index (χ2n) is 4.47. The predicted molar refractivity (Wildman–Crippen MR) is 77.4 cm³/mol. The maximum atomic E-state index is 14.1. The molecule has 110 valence electrons. The summed E-state index contributed by atoms with van der Waals surface area (Å²) in [6, 6.07) is 5.45. The number of pyridine rings is 1. The molecule has 6 heteroatoms. The first-order valence-corrected chi connectivity index (χ1v) is 6.48. The number of aromatic nitrogens is 1. The number of benzene rings is 1. The summed E-state index contributed by atoms with van der Waals surface area (Å²) in [4.78, 5) is 15.9. The minimum absolute atomic E-state index is 0.0282. The van der Waals surface area contributed by atoms with E-state index in [1.165, 1.54) is 30.5 Å². The van der Waals surface area contributed by atoms with E-state index in [1.807, 2.05) is 0 Å². The molecule has 0 unspecified atom stereocenters. The molecule has 2 rings (SSSR count). The number of rotatable bonds is 4. The zero-order valence-corrected chi connectivity index (χ0v) is 11.7. The Morgan fingerprint density at radius 2 is 2.05 bits per heavy atom. The van der Waals surface area contributed by atoms with E-state index < -0.39 is 11.7 Å². The lowest BCUT2D eigenvalue weighted by Gasteiger charge is -2.09. The molecule has 1 aromatic carbocycles. The predicted octanol–water partition coefficient (Wildman–Crippen LogP) is 3.35. The monoisotopic (exact) mass is 291 g/mol. The molecule has 0 spiro atoms. The van der Waals surface area contributed by atoms with Crippen molar-refractivity contribution in [3.63, 3.8) is 0 Å². The molecule has 4 nitrogen and oxygen atoms in total. The number of halogens is 2. The minimum atomic E-state index is -0.712. The van der Waals surface area contributed by atoms with Crippen LogP contribution in [0.2, 0.25) is 0 Å². The van der Waals surface area contributed by atoms with Gasteiger partial charge in [0.25, 0.3) is 5.91 Å². The number of amides is 1. The molecule has 1 heterocycles. The number of nitrogens with one attached hydrogen (secondary N) is 2. The number of carbonyl (C=O) groups excluding carboxylic acids is 1. The maximum absolute atomic E-state index is 14.1. The summed E-state index contributed by atoms with van der Waals surface area (Å²) in [6.45, 7) is 3.88. The molecule has 2 aromatic rings. The Morgan fingerprint density at radius 3 is 2.71 bits per heavy atom. The molecular formula is C15H15F2N3O. The summed E-state index contributed by atoms with van der Waals surface area (Å²) in [5, 5.41) is 5.27. The second kappa shape index (κ2) is 6.30.